The van der Waals surface area contributed by atoms with E-state index in [-0.39, 0.29) is 11.5 Å². The van der Waals surface area contributed by atoms with Crippen molar-refractivity contribution in [2.45, 2.75) is 147 Å². The van der Waals surface area contributed by atoms with Crippen LogP contribution >= 0.6 is 0 Å². The van der Waals surface area contributed by atoms with Gasteiger partial charge in [-0.15, -0.1) is 0 Å². The molecular formula is C27H54O4Si. The maximum atomic E-state index is 12.7. The highest BCUT2D eigenvalue weighted by atomic mass is 28.3. The summed E-state index contributed by atoms with van der Waals surface area (Å²) in [4.78, 5) is 12.7. The number of carbonyl (C=O) groups is 1. The predicted octanol–water partition coefficient (Wildman–Crippen LogP) is 6.73. The lowest BCUT2D eigenvalue weighted by Gasteiger charge is -2.46. The Kier molecular flexibility index (Phi) is 15.9. The molecule has 0 spiro atoms. The monoisotopic (exact) mass is 470 g/mol. The zero-order valence-electron chi connectivity index (χ0n) is 22.1. The number of unbranched alkanes of at least 4 members (excludes halogenated alkanes) is 11. The number of hydrogen-bond acceptors (Lipinski definition) is 4. The lowest BCUT2D eigenvalue weighted by molar-refractivity contribution is -0.151. The van der Waals surface area contributed by atoms with Crippen LogP contribution in [0.1, 0.15) is 118 Å². The minimum Gasteiger partial charge on any atom is -0.393 e. The highest BCUT2D eigenvalue weighted by molar-refractivity contribution is 6.81. The molecule has 190 valence electrons. The number of aliphatic hydroxyl groups is 3. The predicted molar refractivity (Wildman–Crippen MR) is 140 cm³/mol. The number of ketones is 1. The molecule has 3 N–H and O–H groups in total. The van der Waals surface area contributed by atoms with E-state index in [9.17, 15) is 20.1 Å². The lowest BCUT2D eigenvalue weighted by atomic mass is 9.95. The van der Waals surface area contributed by atoms with Gasteiger partial charge in [0.2, 0.25) is 0 Å². The zero-order valence-corrected chi connectivity index (χ0v) is 23.1. The topological polar surface area (TPSA) is 77.8 Å². The fraction of sp³-hybridized carbons (Fsp3) is 0.889. The Hall–Kier alpha value is -0.493. The Morgan fingerprint density at radius 3 is 1.72 bits per heavy atom. The van der Waals surface area contributed by atoms with Gasteiger partial charge in [0.05, 0.1) is 20.4 Å². The third-order valence-electron chi connectivity index (χ3n) is 7.46. The first-order valence-electron chi connectivity index (χ1n) is 13.1. The average Bonchev–Trinajstić information content (AvgIpc) is 2.74. The summed E-state index contributed by atoms with van der Waals surface area (Å²) >= 11 is 0. The third kappa shape index (κ3) is 11.1. The van der Waals surface area contributed by atoms with E-state index < -0.39 is 31.8 Å². The van der Waals surface area contributed by atoms with Gasteiger partial charge in [-0.2, -0.15) is 0 Å². The Labute approximate surface area is 199 Å². The van der Waals surface area contributed by atoms with Crippen LogP contribution in [0, 0.1) is 0 Å². The molecule has 4 nitrogen and oxygen atoms in total. The molecule has 0 saturated carbocycles. The molecule has 0 aromatic rings. The van der Waals surface area contributed by atoms with Crippen molar-refractivity contribution >= 4 is 13.9 Å². The van der Waals surface area contributed by atoms with Crippen molar-refractivity contribution in [2.75, 3.05) is 6.61 Å². The van der Waals surface area contributed by atoms with Gasteiger partial charge < -0.3 is 15.3 Å². The van der Waals surface area contributed by atoms with Crippen LogP contribution < -0.4 is 0 Å². The number of Topliss-reactive ketones (excluding diaryl/α,β-unsaturated/α-hetero) is 1. The minimum absolute atomic E-state index is 0.196. The van der Waals surface area contributed by atoms with Crippen molar-refractivity contribution in [2.24, 2.45) is 0 Å². The first-order valence-corrected chi connectivity index (χ1v) is 16.2. The van der Waals surface area contributed by atoms with E-state index in [2.05, 4.69) is 19.1 Å². The summed E-state index contributed by atoms with van der Waals surface area (Å²) in [6.07, 6.45) is 20.2. The van der Waals surface area contributed by atoms with Gasteiger partial charge in [0, 0.05) is 6.42 Å². The van der Waals surface area contributed by atoms with Crippen molar-refractivity contribution in [1.82, 2.24) is 0 Å². The number of rotatable bonds is 19. The van der Waals surface area contributed by atoms with Crippen LogP contribution in [-0.2, 0) is 4.79 Å². The summed E-state index contributed by atoms with van der Waals surface area (Å²) in [5, 5.41) is 31.3. The van der Waals surface area contributed by atoms with Crippen molar-refractivity contribution in [3.05, 3.63) is 12.2 Å². The summed E-state index contributed by atoms with van der Waals surface area (Å²) in [5.74, 6) is -0.421. The quantitative estimate of drug-likeness (QED) is 0.111. The van der Waals surface area contributed by atoms with Crippen LogP contribution in [0.2, 0.25) is 18.1 Å². The van der Waals surface area contributed by atoms with Gasteiger partial charge in [-0.05, 0) is 37.1 Å². The van der Waals surface area contributed by atoms with Crippen molar-refractivity contribution in [1.29, 1.82) is 0 Å². The van der Waals surface area contributed by atoms with Crippen LogP contribution in [0.15, 0.2) is 12.2 Å². The molecule has 0 aliphatic heterocycles. The molecule has 5 heteroatoms. The number of aliphatic hydroxyl groups excluding tert-OH is 2. The van der Waals surface area contributed by atoms with Gasteiger partial charge in [-0.1, -0.05) is 104 Å². The lowest BCUT2D eigenvalue weighted by Crippen LogP contribution is -2.65. The van der Waals surface area contributed by atoms with Crippen LogP contribution in [0.5, 0.6) is 0 Å². The minimum atomic E-state index is -2.40. The van der Waals surface area contributed by atoms with Crippen LogP contribution in [0.3, 0.4) is 0 Å². The maximum Gasteiger partial charge on any atom is 0.169 e. The first kappa shape index (κ1) is 31.5. The van der Waals surface area contributed by atoms with Crippen LogP contribution in [0.25, 0.3) is 0 Å². The van der Waals surface area contributed by atoms with E-state index in [1.54, 1.807) is 0 Å². The summed E-state index contributed by atoms with van der Waals surface area (Å²) in [6.45, 7) is 11.5. The van der Waals surface area contributed by atoms with Crippen molar-refractivity contribution in [3.63, 3.8) is 0 Å². The third-order valence-corrected chi connectivity index (χ3v) is 13.2. The summed E-state index contributed by atoms with van der Waals surface area (Å²) in [6, 6.07) is 0. The smallest absolute Gasteiger partial charge is 0.169 e. The Bertz CT molecular complexity index is 524. The molecular weight excluding hydrogens is 416 g/mol. The summed E-state index contributed by atoms with van der Waals surface area (Å²) < 4.78 is 0. The molecule has 2 unspecified atom stereocenters. The molecule has 0 radical (unpaired) electrons. The van der Waals surface area contributed by atoms with E-state index in [1.807, 2.05) is 33.9 Å². The second kappa shape index (κ2) is 16.2. The molecule has 0 heterocycles. The SMILES string of the molecule is CCCCCCCC/C=C\CCCCCCCC(=O)C(O)(CO)C(O)[Si](C)(C)C(C)(C)C. The maximum absolute atomic E-state index is 12.7. The number of carbonyl (C=O) groups excluding carboxylic acids is 1. The first-order chi connectivity index (χ1) is 14.9. The van der Waals surface area contributed by atoms with E-state index >= 15 is 0 Å². The molecule has 0 fully saturated rings. The number of allylic oxidation sites excluding steroid dienone is 2. The standard InChI is InChI=1S/C27H54O4Si/c1-7-8-9-10-11-12-13-14-15-16-17-18-19-20-21-22-24(29)27(31,23-28)25(30)32(5,6)26(2,3)4/h14-15,25,28,30-31H,7-13,16-23H2,1-6H3/b15-14-. The molecule has 0 amide bonds. The van der Waals surface area contributed by atoms with Crippen LogP contribution in [0.4, 0.5) is 0 Å². The highest BCUT2D eigenvalue weighted by Gasteiger charge is 2.54. The molecule has 0 aliphatic rings. The van der Waals surface area contributed by atoms with Gasteiger partial charge in [0.1, 0.15) is 0 Å². The molecule has 0 aromatic carbocycles. The molecule has 0 aromatic heterocycles. The van der Waals surface area contributed by atoms with Gasteiger partial charge >= 0.3 is 0 Å². The number of hydrogen-bond donors (Lipinski definition) is 3. The van der Waals surface area contributed by atoms with E-state index in [0.717, 1.165) is 25.7 Å². The van der Waals surface area contributed by atoms with Gasteiger partial charge in [-0.25, -0.2) is 0 Å². The van der Waals surface area contributed by atoms with Gasteiger partial charge in [0.25, 0.3) is 0 Å². The summed E-state index contributed by atoms with van der Waals surface area (Å²) in [5.41, 5.74) is -3.22. The molecule has 0 rings (SSSR count). The highest BCUT2D eigenvalue weighted by Crippen LogP contribution is 2.41. The van der Waals surface area contributed by atoms with E-state index in [4.69, 9.17) is 0 Å². The molecule has 0 saturated heterocycles. The fourth-order valence-corrected chi connectivity index (χ4v) is 6.17. The van der Waals surface area contributed by atoms with Gasteiger partial charge in [-0.3, -0.25) is 4.79 Å². The zero-order chi connectivity index (χ0) is 24.7. The second-order valence-corrected chi connectivity index (χ2v) is 16.7. The fourth-order valence-electron chi connectivity index (χ4n) is 3.91. The van der Waals surface area contributed by atoms with Crippen molar-refractivity contribution in [3.8, 4) is 0 Å². The molecule has 32 heavy (non-hydrogen) atoms. The van der Waals surface area contributed by atoms with Crippen LogP contribution in [-0.4, -0.2) is 47.1 Å². The van der Waals surface area contributed by atoms with E-state index in [0.29, 0.717) is 6.42 Å². The Balaban J connectivity index is 4.05. The molecule has 2 atom stereocenters. The van der Waals surface area contributed by atoms with Crippen molar-refractivity contribution < 1.29 is 20.1 Å². The Morgan fingerprint density at radius 1 is 0.844 bits per heavy atom. The average molecular weight is 471 g/mol. The normalized spacial score (nSPS) is 15.8. The van der Waals surface area contributed by atoms with E-state index in [1.165, 1.54) is 51.4 Å². The largest absolute Gasteiger partial charge is 0.393 e. The molecule has 0 bridgehead atoms. The second-order valence-electron chi connectivity index (χ2n) is 11.2. The summed E-state index contributed by atoms with van der Waals surface area (Å²) in [7, 11) is -2.40. The molecule has 0 aliphatic carbocycles. The van der Waals surface area contributed by atoms with Gasteiger partial charge in [0.15, 0.2) is 11.4 Å². The Morgan fingerprint density at radius 2 is 1.28 bits per heavy atom.